The van der Waals surface area contributed by atoms with Crippen molar-refractivity contribution in [2.24, 2.45) is 4.99 Å². The lowest BCUT2D eigenvalue weighted by Crippen LogP contribution is -2.13. The minimum absolute atomic E-state index is 0.274. The van der Waals surface area contributed by atoms with Crippen LogP contribution in [0.3, 0.4) is 0 Å². The minimum atomic E-state index is 0.274. The van der Waals surface area contributed by atoms with Gasteiger partial charge < -0.3 is 10.4 Å². The number of phenols is 1. The Morgan fingerprint density at radius 2 is 2.36 bits per heavy atom. The molecule has 0 fully saturated rings. The summed E-state index contributed by atoms with van der Waals surface area (Å²) in [5.74, 6) is 1.39. The van der Waals surface area contributed by atoms with Crippen LogP contribution < -0.4 is 5.32 Å². The normalized spacial score (nSPS) is 16.1. The number of hydrogen-bond acceptors (Lipinski definition) is 4. The highest BCUT2D eigenvalue weighted by molar-refractivity contribution is 8.14. The zero-order valence-corrected chi connectivity index (χ0v) is 8.55. The van der Waals surface area contributed by atoms with Crippen molar-refractivity contribution >= 4 is 22.6 Å². The number of amidine groups is 1. The van der Waals surface area contributed by atoms with Gasteiger partial charge in [-0.2, -0.15) is 0 Å². The van der Waals surface area contributed by atoms with E-state index in [4.69, 9.17) is 0 Å². The second kappa shape index (κ2) is 4.37. The van der Waals surface area contributed by atoms with Crippen LogP contribution in [0.25, 0.3) is 0 Å². The predicted molar refractivity (Wildman–Crippen MR) is 61.1 cm³/mol. The molecule has 0 atom stereocenters. The summed E-state index contributed by atoms with van der Waals surface area (Å²) in [6.45, 7) is 0.897. The first kappa shape index (κ1) is 9.40. The Labute approximate surface area is 87.2 Å². The van der Waals surface area contributed by atoms with E-state index in [2.05, 4.69) is 10.3 Å². The van der Waals surface area contributed by atoms with E-state index < -0.39 is 0 Å². The van der Waals surface area contributed by atoms with Gasteiger partial charge in [0.2, 0.25) is 0 Å². The highest BCUT2D eigenvalue weighted by Crippen LogP contribution is 2.19. The van der Waals surface area contributed by atoms with E-state index in [1.54, 1.807) is 23.9 Å². The number of anilines is 1. The van der Waals surface area contributed by atoms with E-state index in [9.17, 15) is 5.11 Å². The summed E-state index contributed by atoms with van der Waals surface area (Å²) in [6, 6.07) is 7.07. The molecule has 1 heterocycles. The monoisotopic (exact) mass is 208 g/mol. The fourth-order valence-electron chi connectivity index (χ4n) is 1.24. The molecule has 2 N–H and O–H groups in total. The average molecular weight is 208 g/mol. The van der Waals surface area contributed by atoms with E-state index in [0.29, 0.717) is 0 Å². The summed E-state index contributed by atoms with van der Waals surface area (Å²) >= 11 is 1.72. The number of phenolic OH excluding ortho intramolecular Hbond substituents is 1. The number of aromatic hydroxyl groups is 1. The molecule has 0 spiro atoms. The number of nitrogens with one attached hydrogen (secondary N) is 1. The maximum Gasteiger partial charge on any atom is 0.161 e. The van der Waals surface area contributed by atoms with Gasteiger partial charge in [0, 0.05) is 24.1 Å². The molecule has 1 aromatic rings. The first-order chi connectivity index (χ1) is 6.84. The Kier molecular flexibility index (Phi) is 2.93. The molecule has 2 rings (SSSR count). The number of nitrogens with zero attached hydrogens (tertiary/aromatic N) is 1. The van der Waals surface area contributed by atoms with Crippen molar-refractivity contribution in [3.63, 3.8) is 0 Å². The highest BCUT2D eigenvalue weighted by Gasteiger charge is 2.05. The third-order valence-electron chi connectivity index (χ3n) is 1.89. The van der Waals surface area contributed by atoms with Crippen molar-refractivity contribution in [1.82, 2.24) is 0 Å². The summed E-state index contributed by atoms with van der Waals surface area (Å²) < 4.78 is 0. The van der Waals surface area contributed by atoms with Crippen LogP contribution in [0.2, 0.25) is 0 Å². The fraction of sp³-hybridized carbons (Fsp3) is 0.300. The third-order valence-corrected chi connectivity index (χ3v) is 2.89. The van der Waals surface area contributed by atoms with E-state index >= 15 is 0 Å². The average Bonchev–Trinajstić information content (AvgIpc) is 2.19. The summed E-state index contributed by atoms with van der Waals surface area (Å²) in [5.41, 5.74) is 0.887. The third kappa shape index (κ3) is 2.42. The molecule has 4 heteroatoms. The van der Waals surface area contributed by atoms with Crippen LogP contribution in [0.4, 0.5) is 5.69 Å². The van der Waals surface area contributed by atoms with Crippen LogP contribution in [0.15, 0.2) is 29.3 Å². The molecule has 0 bridgehead atoms. The Hall–Kier alpha value is -1.16. The van der Waals surface area contributed by atoms with Crippen molar-refractivity contribution in [3.05, 3.63) is 24.3 Å². The lowest BCUT2D eigenvalue weighted by atomic mass is 10.3. The van der Waals surface area contributed by atoms with Gasteiger partial charge in [0.05, 0.1) is 0 Å². The molecule has 0 radical (unpaired) electrons. The smallest absolute Gasteiger partial charge is 0.161 e. The molecule has 0 saturated heterocycles. The van der Waals surface area contributed by atoms with Crippen LogP contribution in [-0.4, -0.2) is 22.6 Å². The Morgan fingerprint density at radius 3 is 3.07 bits per heavy atom. The first-order valence-electron chi connectivity index (χ1n) is 4.58. The van der Waals surface area contributed by atoms with Crippen LogP contribution >= 0.6 is 11.8 Å². The number of benzene rings is 1. The molecule has 74 valence electrons. The molecular weight excluding hydrogens is 196 g/mol. The molecule has 0 unspecified atom stereocenters. The molecule has 1 aromatic carbocycles. The zero-order valence-electron chi connectivity index (χ0n) is 7.73. The van der Waals surface area contributed by atoms with Gasteiger partial charge in [0.15, 0.2) is 5.17 Å². The second-order valence-electron chi connectivity index (χ2n) is 3.06. The molecule has 3 nitrogen and oxygen atoms in total. The summed E-state index contributed by atoms with van der Waals surface area (Å²) in [7, 11) is 0. The Bertz CT molecular complexity index is 352. The Balaban J connectivity index is 2.06. The molecule has 0 amide bonds. The molecule has 14 heavy (non-hydrogen) atoms. The quantitative estimate of drug-likeness (QED) is 0.744. The van der Waals surface area contributed by atoms with Crippen LogP contribution in [0, 0.1) is 0 Å². The lowest BCUT2D eigenvalue weighted by molar-refractivity contribution is 0.475. The van der Waals surface area contributed by atoms with Gasteiger partial charge in [-0.3, -0.25) is 4.99 Å². The highest BCUT2D eigenvalue weighted by atomic mass is 32.2. The van der Waals surface area contributed by atoms with Crippen molar-refractivity contribution in [1.29, 1.82) is 0 Å². The van der Waals surface area contributed by atoms with Gasteiger partial charge >= 0.3 is 0 Å². The molecule has 0 aromatic heterocycles. The van der Waals surface area contributed by atoms with Crippen molar-refractivity contribution in [2.45, 2.75) is 6.42 Å². The van der Waals surface area contributed by atoms with Gasteiger partial charge in [0.25, 0.3) is 0 Å². The van der Waals surface area contributed by atoms with Crippen molar-refractivity contribution in [3.8, 4) is 5.75 Å². The summed E-state index contributed by atoms with van der Waals surface area (Å²) in [4.78, 5) is 4.34. The summed E-state index contributed by atoms with van der Waals surface area (Å²) in [5, 5.41) is 13.4. The number of thioether (sulfide) groups is 1. The van der Waals surface area contributed by atoms with E-state index in [-0.39, 0.29) is 5.75 Å². The molecule has 1 aliphatic rings. The van der Waals surface area contributed by atoms with E-state index in [1.807, 2.05) is 12.1 Å². The fourth-order valence-corrected chi connectivity index (χ4v) is 2.08. The van der Waals surface area contributed by atoms with Gasteiger partial charge in [-0.05, 0) is 18.6 Å². The summed E-state index contributed by atoms with van der Waals surface area (Å²) in [6.07, 6.45) is 1.15. The molecule has 1 aliphatic heterocycles. The van der Waals surface area contributed by atoms with Gasteiger partial charge in [-0.15, -0.1) is 0 Å². The molecule has 0 aliphatic carbocycles. The lowest BCUT2D eigenvalue weighted by Gasteiger charge is -2.13. The van der Waals surface area contributed by atoms with Gasteiger partial charge in [-0.25, -0.2) is 0 Å². The SMILES string of the molecule is Oc1cccc(NC2=NCCCS2)c1. The topological polar surface area (TPSA) is 44.6 Å². The minimum Gasteiger partial charge on any atom is -0.508 e. The maximum atomic E-state index is 9.26. The molecular formula is C10H12N2OS. The van der Waals surface area contributed by atoms with Crippen LogP contribution in [0.1, 0.15) is 6.42 Å². The van der Waals surface area contributed by atoms with Crippen molar-refractivity contribution < 1.29 is 5.11 Å². The first-order valence-corrected chi connectivity index (χ1v) is 5.56. The van der Waals surface area contributed by atoms with E-state index in [1.165, 1.54) is 0 Å². The van der Waals surface area contributed by atoms with Gasteiger partial charge in [0.1, 0.15) is 5.75 Å². The largest absolute Gasteiger partial charge is 0.508 e. The number of hydrogen-bond donors (Lipinski definition) is 2. The van der Waals surface area contributed by atoms with Crippen molar-refractivity contribution in [2.75, 3.05) is 17.6 Å². The standard InChI is InChI=1S/C10H12N2OS/c13-9-4-1-3-8(7-9)12-10-11-5-2-6-14-10/h1,3-4,7,13H,2,5-6H2,(H,11,12). The predicted octanol–water partition coefficient (Wildman–Crippen LogP) is 2.30. The van der Waals surface area contributed by atoms with Crippen LogP contribution in [-0.2, 0) is 0 Å². The number of rotatable bonds is 1. The Morgan fingerprint density at radius 1 is 1.43 bits per heavy atom. The number of aliphatic imine (C=N–C) groups is 1. The maximum absolute atomic E-state index is 9.26. The zero-order chi connectivity index (χ0) is 9.80. The second-order valence-corrected chi connectivity index (χ2v) is 4.15. The van der Waals surface area contributed by atoms with Gasteiger partial charge in [-0.1, -0.05) is 17.8 Å². The van der Waals surface area contributed by atoms with Crippen LogP contribution in [0.5, 0.6) is 5.75 Å². The molecule has 0 saturated carbocycles. The van der Waals surface area contributed by atoms with E-state index in [0.717, 1.165) is 29.6 Å².